The highest BCUT2D eigenvalue weighted by molar-refractivity contribution is 6.11. The number of aryl methyl sites for hydroxylation is 3. The largest absolute Gasteiger partial charge is 0.344 e. The molecule has 152 valence electrons. The Morgan fingerprint density at radius 2 is 1.70 bits per heavy atom. The van der Waals surface area contributed by atoms with Gasteiger partial charge in [-0.05, 0) is 42.7 Å². The number of fused-ring (bicyclic) bond motifs is 1. The molecule has 1 amide bonds. The number of aromatic nitrogens is 3. The summed E-state index contributed by atoms with van der Waals surface area (Å²) in [6, 6.07) is 15.0. The third-order valence-corrected chi connectivity index (χ3v) is 5.01. The van der Waals surface area contributed by atoms with Gasteiger partial charge in [-0.3, -0.25) is 14.2 Å². The third-order valence-electron chi connectivity index (χ3n) is 5.01. The minimum absolute atomic E-state index is 0.153. The summed E-state index contributed by atoms with van der Waals surface area (Å²) in [5, 5.41) is 2.86. The lowest BCUT2D eigenvalue weighted by molar-refractivity contribution is 0.102. The van der Waals surface area contributed by atoms with E-state index in [4.69, 9.17) is 0 Å². The van der Waals surface area contributed by atoms with Gasteiger partial charge in [-0.25, -0.2) is 4.79 Å². The first-order valence-corrected chi connectivity index (χ1v) is 9.59. The van der Waals surface area contributed by atoms with Crippen LogP contribution in [0.4, 0.5) is 5.69 Å². The molecule has 0 bridgehead atoms. The van der Waals surface area contributed by atoms with Crippen LogP contribution >= 0.6 is 0 Å². The molecule has 0 aliphatic carbocycles. The minimum Gasteiger partial charge on any atom is -0.344 e. The Morgan fingerprint density at radius 3 is 2.37 bits per heavy atom. The molecule has 0 unspecified atom stereocenters. The van der Waals surface area contributed by atoms with Gasteiger partial charge in [-0.2, -0.15) is 0 Å². The number of rotatable bonds is 4. The number of H-pyrrole nitrogens is 1. The van der Waals surface area contributed by atoms with Gasteiger partial charge in [-0.1, -0.05) is 36.4 Å². The summed E-state index contributed by atoms with van der Waals surface area (Å²) < 4.78 is 2.72. The first-order valence-electron chi connectivity index (χ1n) is 9.59. The Kier molecular flexibility index (Phi) is 4.87. The molecule has 30 heavy (non-hydrogen) atoms. The van der Waals surface area contributed by atoms with Crippen molar-refractivity contribution in [3.63, 3.8) is 0 Å². The molecule has 2 aromatic heterocycles. The Bertz CT molecular complexity index is 1360. The highest BCUT2D eigenvalue weighted by atomic mass is 16.2. The number of benzene rings is 2. The lowest BCUT2D eigenvalue weighted by Crippen LogP contribution is -2.36. The van der Waals surface area contributed by atoms with E-state index < -0.39 is 11.2 Å². The highest BCUT2D eigenvalue weighted by Gasteiger charge is 2.20. The molecule has 7 nitrogen and oxygen atoms in total. The fourth-order valence-corrected chi connectivity index (χ4v) is 3.73. The highest BCUT2D eigenvalue weighted by Crippen LogP contribution is 2.19. The van der Waals surface area contributed by atoms with Crippen molar-refractivity contribution in [3.05, 3.63) is 97.8 Å². The molecule has 0 radical (unpaired) electrons. The van der Waals surface area contributed by atoms with Crippen molar-refractivity contribution in [1.29, 1.82) is 0 Å². The van der Waals surface area contributed by atoms with E-state index in [1.807, 2.05) is 62.4 Å². The fraction of sp³-hybridized carbons (Fsp3) is 0.174. The van der Waals surface area contributed by atoms with E-state index in [1.54, 1.807) is 17.8 Å². The molecular formula is C23H22N4O3. The van der Waals surface area contributed by atoms with Crippen LogP contribution in [0, 0.1) is 13.8 Å². The molecule has 2 heterocycles. The average Bonchev–Trinajstić information content (AvgIpc) is 3.01. The first kappa shape index (κ1) is 19.4. The summed E-state index contributed by atoms with van der Waals surface area (Å²) in [7, 11) is 1.68. The number of carbonyl (C=O) groups is 1. The zero-order valence-corrected chi connectivity index (χ0v) is 17.0. The van der Waals surface area contributed by atoms with E-state index in [9.17, 15) is 14.4 Å². The number of nitrogens with one attached hydrogen (secondary N) is 2. The van der Waals surface area contributed by atoms with Crippen molar-refractivity contribution in [1.82, 2.24) is 14.1 Å². The second kappa shape index (κ2) is 7.51. The first-order chi connectivity index (χ1) is 14.3. The molecule has 4 rings (SSSR count). The van der Waals surface area contributed by atoms with Crippen LogP contribution in [-0.4, -0.2) is 20.0 Å². The van der Waals surface area contributed by atoms with Crippen molar-refractivity contribution in [2.24, 2.45) is 7.05 Å². The quantitative estimate of drug-likeness (QED) is 0.550. The summed E-state index contributed by atoms with van der Waals surface area (Å²) in [5.74, 6) is -0.388. The number of nitrogens with zero attached hydrogens (tertiary/aromatic N) is 2. The van der Waals surface area contributed by atoms with Crippen LogP contribution in [0.15, 0.2) is 64.3 Å². The molecule has 0 atom stereocenters. The standard InChI is InChI=1S/C23H22N4O3/c1-14-9-15(2)11-17(10-14)24-21(28)18-13-26(3)20-19(18)25-23(30)27(22(20)29)12-16-7-5-4-6-8-16/h4-11,13H,12H2,1-3H3,(H,24,28)(H,25,30). The van der Waals surface area contributed by atoms with Crippen LogP contribution < -0.4 is 16.6 Å². The molecule has 0 aliphatic rings. The van der Waals surface area contributed by atoms with E-state index in [-0.39, 0.29) is 29.0 Å². The Hall–Kier alpha value is -3.87. The lowest BCUT2D eigenvalue weighted by Gasteiger charge is -2.08. The van der Waals surface area contributed by atoms with E-state index in [1.165, 1.54) is 0 Å². The number of hydrogen-bond acceptors (Lipinski definition) is 3. The molecule has 0 aliphatic heterocycles. The van der Waals surface area contributed by atoms with E-state index in [0.29, 0.717) is 5.69 Å². The predicted molar refractivity (Wildman–Crippen MR) is 117 cm³/mol. The van der Waals surface area contributed by atoms with E-state index >= 15 is 0 Å². The Labute approximate surface area is 172 Å². The zero-order valence-electron chi connectivity index (χ0n) is 17.0. The van der Waals surface area contributed by atoms with Crippen LogP contribution in [0.25, 0.3) is 11.0 Å². The van der Waals surface area contributed by atoms with Gasteiger partial charge < -0.3 is 14.9 Å². The van der Waals surface area contributed by atoms with Gasteiger partial charge in [0.1, 0.15) is 5.52 Å². The maximum Gasteiger partial charge on any atom is 0.329 e. The van der Waals surface area contributed by atoms with Gasteiger partial charge in [0.15, 0.2) is 0 Å². The lowest BCUT2D eigenvalue weighted by atomic mass is 10.1. The van der Waals surface area contributed by atoms with Crippen LogP contribution in [-0.2, 0) is 13.6 Å². The summed E-state index contributed by atoms with van der Waals surface area (Å²) >= 11 is 0. The normalized spacial score (nSPS) is 11.0. The Balaban J connectivity index is 1.77. The average molecular weight is 402 g/mol. The van der Waals surface area contributed by atoms with Crippen molar-refractivity contribution >= 4 is 22.6 Å². The summed E-state index contributed by atoms with van der Waals surface area (Å²) in [5.41, 5.74) is 3.32. The van der Waals surface area contributed by atoms with Gasteiger partial charge in [0, 0.05) is 18.9 Å². The monoisotopic (exact) mass is 402 g/mol. The van der Waals surface area contributed by atoms with Crippen molar-refractivity contribution in [2.45, 2.75) is 20.4 Å². The summed E-state index contributed by atoms with van der Waals surface area (Å²) in [6.07, 6.45) is 1.56. The molecule has 0 saturated carbocycles. The Morgan fingerprint density at radius 1 is 1.03 bits per heavy atom. The van der Waals surface area contributed by atoms with Crippen molar-refractivity contribution < 1.29 is 4.79 Å². The number of aromatic amines is 1. The van der Waals surface area contributed by atoms with Gasteiger partial charge in [0.2, 0.25) is 0 Å². The number of amides is 1. The number of hydrogen-bond donors (Lipinski definition) is 2. The SMILES string of the molecule is Cc1cc(C)cc(NC(=O)c2cn(C)c3c(=O)n(Cc4ccccc4)c(=O)[nH]c23)c1. The van der Waals surface area contributed by atoms with E-state index in [2.05, 4.69) is 10.3 Å². The number of anilines is 1. The molecule has 2 N–H and O–H groups in total. The molecule has 0 saturated heterocycles. The van der Waals surface area contributed by atoms with Crippen LogP contribution in [0.2, 0.25) is 0 Å². The second-order valence-electron chi connectivity index (χ2n) is 7.51. The topological polar surface area (TPSA) is 88.9 Å². The molecule has 7 heteroatoms. The minimum atomic E-state index is -0.553. The molecule has 2 aromatic carbocycles. The van der Waals surface area contributed by atoms with Gasteiger partial charge in [0.25, 0.3) is 11.5 Å². The maximum absolute atomic E-state index is 13.0. The third kappa shape index (κ3) is 3.57. The smallest absolute Gasteiger partial charge is 0.329 e. The van der Waals surface area contributed by atoms with Crippen molar-refractivity contribution in [2.75, 3.05) is 5.32 Å². The molecule has 0 spiro atoms. The molecule has 4 aromatic rings. The van der Waals surface area contributed by atoms with Crippen molar-refractivity contribution in [3.8, 4) is 0 Å². The fourth-order valence-electron chi connectivity index (χ4n) is 3.73. The summed E-state index contributed by atoms with van der Waals surface area (Å²) in [4.78, 5) is 41.3. The zero-order chi connectivity index (χ0) is 21.4. The second-order valence-corrected chi connectivity index (χ2v) is 7.51. The molecular weight excluding hydrogens is 380 g/mol. The van der Waals surface area contributed by atoms with Crippen LogP contribution in [0.3, 0.4) is 0 Å². The molecule has 0 fully saturated rings. The van der Waals surface area contributed by atoms with E-state index in [0.717, 1.165) is 21.3 Å². The predicted octanol–water partition coefficient (Wildman–Crippen LogP) is 2.95. The number of carbonyl (C=O) groups excluding carboxylic acids is 1. The van der Waals surface area contributed by atoms with Crippen LogP contribution in [0.5, 0.6) is 0 Å². The van der Waals surface area contributed by atoms with Gasteiger partial charge in [-0.15, -0.1) is 0 Å². The van der Waals surface area contributed by atoms with Gasteiger partial charge in [0.05, 0.1) is 17.6 Å². The van der Waals surface area contributed by atoms with Crippen LogP contribution in [0.1, 0.15) is 27.0 Å². The van der Waals surface area contributed by atoms with Gasteiger partial charge >= 0.3 is 5.69 Å². The summed E-state index contributed by atoms with van der Waals surface area (Å²) in [6.45, 7) is 4.06. The maximum atomic E-state index is 13.0.